The summed E-state index contributed by atoms with van der Waals surface area (Å²) in [6, 6.07) is 5.07. The minimum absolute atomic E-state index is 0.0704. The third kappa shape index (κ3) is 3.39. The third-order valence-corrected chi connectivity index (χ3v) is 2.85. The second-order valence-electron chi connectivity index (χ2n) is 4.57. The van der Waals surface area contributed by atoms with Crippen molar-refractivity contribution in [2.24, 2.45) is 0 Å². The van der Waals surface area contributed by atoms with Gasteiger partial charge in [0.2, 0.25) is 34.8 Å². The van der Waals surface area contributed by atoms with Gasteiger partial charge in [-0.25, -0.2) is 18.0 Å². The summed E-state index contributed by atoms with van der Waals surface area (Å²) in [6.45, 7) is 1.14. The molecule has 2 aromatic rings. The van der Waals surface area contributed by atoms with Crippen LogP contribution in [0.2, 0.25) is 0 Å². The van der Waals surface area contributed by atoms with Crippen molar-refractivity contribution in [2.45, 2.75) is 13.0 Å². The first kappa shape index (κ1) is 17.5. The lowest BCUT2D eigenvalue weighted by molar-refractivity contribution is -0.141. The second-order valence-corrected chi connectivity index (χ2v) is 4.57. The zero-order valence-electron chi connectivity index (χ0n) is 11.9. The molecule has 0 saturated carbocycles. The molecule has 1 atom stereocenters. The highest BCUT2D eigenvalue weighted by molar-refractivity contribution is 5.77. The molecular formula is C15H9F5O4. The van der Waals surface area contributed by atoms with E-state index in [-0.39, 0.29) is 11.5 Å². The zero-order valence-corrected chi connectivity index (χ0v) is 11.9. The molecule has 0 aliphatic carbocycles. The summed E-state index contributed by atoms with van der Waals surface area (Å²) in [4.78, 5) is 11.7. The number of halogens is 5. The van der Waals surface area contributed by atoms with E-state index in [9.17, 15) is 26.7 Å². The first-order valence-electron chi connectivity index (χ1n) is 6.41. The molecule has 0 aliphatic heterocycles. The molecule has 0 heterocycles. The maximum atomic E-state index is 13.4. The molecule has 4 nitrogen and oxygen atoms in total. The van der Waals surface area contributed by atoms with Crippen LogP contribution >= 0.6 is 0 Å². The Hall–Kier alpha value is -2.84. The minimum Gasteiger partial charge on any atom is -0.508 e. The highest BCUT2D eigenvalue weighted by atomic mass is 19.2. The van der Waals surface area contributed by atoms with Gasteiger partial charge in [0.25, 0.3) is 0 Å². The van der Waals surface area contributed by atoms with Crippen molar-refractivity contribution in [2.75, 3.05) is 0 Å². The van der Waals surface area contributed by atoms with Gasteiger partial charge in [0.1, 0.15) is 11.5 Å². The molecule has 0 aliphatic rings. The molecule has 0 aromatic heterocycles. The van der Waals surface area contributed by atoms with Crippen molar-refractivity contribution in [3.05, 3.63) is 53.4 Å². The number of hydrogen-bond donors (Lipinski definition) is 1. The van der Waals surface area contributed by atoms with Crippen molar-refractivity contribution >= 4 is 5.97 Å². The Balaban J connectivity index is 2.19. The molecule has 0 spiro atoms. The minimum atomic E-state index is -2.36. The lowest BCUT2D eigenvalue weighted by Crippen LogP contribution is -2.29. The molecular weight excluding hydrogens is 339 g/mol. The smallest absolute Gasteiger partial charge is 0.352 e. The van der Waals surface area contributed by atoms with E-state index in [2.05, 4.69) is 4.74 Å². The highest BCUT2D eigenvalue weighted by Crippen LogP contribution is 2.29. The fourth-order valence-electron chi connectivity index (χ4n) is 1.63. The van der Waals surface area contributed by atoms with Gasteiger partial charge in [0.05, 0.1) is 0 Å². The average Bonchev–Trinajstić information content (AvgIpc) is 2.57. The number of carbonyl (C=O) groups is 1. The first-order chi connectivity index (χ1) is 11.2. The number of aromatic hydroxyl groups is 1. The maximum Gasteiger partial charge on any atom is 0.352 e. The van der Waals surface area contributed by atoms with E-state index in [4.69, 9.17) is 9.84 Å². The first-order valence-corrected chi connectivity index (χ1v) is 6.41. The lowest BCUT2D eigenvalue weighted by Gasteiger charge is -2.15. The Morgan fingerprint density at radius 3 is 1.88 bits per heavy atom. The van der Waals surface area contributed by atoms with Gasteiger partial charge in [-0.05, 0) is 31.2 Å². The Labute approximate surface area is 132 Å². The number of esters is 1. The summed E-state index contributed by atoms with van der Waals surface area (Å²) < 4.78 is 75.1. The van der Waals surface area contributed by atoms with Crippen LogP contribution in [0.3, 0.4) is 0 Å². The summed E-state index contributed by atoms with van der Waals surface area (Å²) in [5.74, 6) is -14.4. The normalized spacial score (nSPS) is 11.9. The Morgan fingerprint density at radius 1 is 0.917 bits per heavy atom. The van der Waals surface area contributed by atoms with E-state index in [0.717, 1.165) is 6.92 Å². The predicted molar refractivity (Wildman–Crippen MR) is 70.1 cm³/mol. The van der Waals surface area contributed by atoms with Crippen LogP contribution in [0.4, 0.5) is 22.0 Å². The van der Waals surface area contributed by atoms with Crippen LogP contribution in [-0.4, -0.2) is 17.2 Å². The number of ether oxygens (including phenoxy) is 2. The summed E-state index contributed by atoms with van der Waals surface area (Å²) in [5, 5.41) is 9.10. The molecule has 0 saturated heterocycles. The van der Waals surface area contributed by atoms with E-state index >= 15 is 0 Å². The van der Waals surface area contributed by atoms with Gasteiger partial charge in [0, 0.05) is 0 Å². The van der Waals surface area contributed by atoms with Gasteiger partial charge in [-0.15, -0.1) is 0 Å². The summed E-state index contributed by atoms with van der Waals surface area (Å²) in [6.07, 6.45) is -1.43. The molecule has 2 aromatic carbocycles. The summed E-state index contributed by atoms with van der Waals surface area (Å²) >= 11 is 0. The van der Waals surface area contributed by atoms with Crippen molar-refractivity contribution < 1.29 is 41.3 Å². The van der Waals surface area contributed by atoms with Crippen LogP contribution in [0.5, 0.6) is 17.2 Å². The van der Waals surface area contributed by atoms with Gasteiger partial charge in [-0.3, -0.25) is 0 Å². The molecule has 0 bridgehead atoms. The highest BCUT2D eigenvalue weighted by Gasteiger charge is 2.30. The number of rotatable bonds is 4. The maximum absolute atomic E-state index is 13.4. The molecule has 24 heavy (non-hydrogen) atoms. The van der Waals surface area contributed by atoms with Gasteiger partial charge in [-0.2, -0.15) is 8.78 Å². The molecule has 9 heteroatoms. The molecule has 128 valence electrons. The van der Waals surface area contributed by atoms with Crippen molar-refractivity contribution in [3.8, 4) is 17.2 Å². The van der Waals surface area contributed by atoms with Crippen molar-refractivity contribution in [3.63, 3.8) is 0 Å². The van der Waals surface area contributed by atoms with E-state index in [1.165, 1.54) is 24.3 Å². The van der Waals surface area contributed by atoms with E-state index in [1.807, 2.05) is 0 Å². The van der Waals surface area contributed by atoms with Crippen LogP contribution in [0.15, 0.2) is 24.3 Å². The Kier molecular flexibility index (Phi) is 4.91. The third-order valence-electron chi connectivity index (χ3n) is 2.85. The number of hydrogen-bond acceptors (Lipinski definition) is 4. The quantitative estimate of drug-likeness (QED) is 0.302. The van der Waals surface area contributed by atoms with Crippen LogP contribution in [0.25, 0.3) is 0 Å². The van der Waals surface area contributed by atoms with Gasteiger partial charge >= 0.3 is 5.97 Å². The number of benzene rings is 2. The SMILES string of the molecule is CC(Oc1ccc(O)cc1)C(=O)Oc1c(F)c(F)c(F)c(F)c1F. The average molecular weight is 348 g/mol. The Bertz CT molecular complexity index is 747. The molecule has 1 unspecified atom stereocenters. The topological polar surface area (TPSA) is 55.8 Å². The Morgan fingerprint density at radius 2 is 1.38 bits per heavy atom. The van der Waals surface area contributed by atoms with Crippen LogP contribution in [0.1, 0.15) is 6.92 Å². The van der Waals surface area contributed by atoms with Gasteiger partial charge < -0.3 is 14.6 Å². The fraction of sp³-hybridized carbons (Fsp3) is 0.133. The molecule has 0 fully saturated rings. The van der Waals surface area contributed by atoms with E-state index < -0.39 is 46.9 Å². The van der Waals surface area contributed by atoms with Crippen LogP contribution in [0, 0.1) is 29.1 Å². The van der Waals surface area contributed by atoms with Crippen molar-refractivity contribution in [1.82, 2.24) is 0 Å². The predicted octanol–water partition coefficient (Wildman–Crippen LogP) is 3.46. The largest absolute Gasteiger partial charge is 0.508 e. The second kappa shape index (κ2) is 6.73. The van der Waals surface area contributed by atoms with Crippen LogP contribution < -0.4 is 9.47 Å². The number of carbonyl (C=O) groups excluding carboxylic acids is 1. The lowest BCUT2D eigenvalue weighted by atomic mass is 10.2. The molecule has 2 rings (SSSR count). The van der Waals surface area contributed by atoms with E-state index in [0.29, 0.717) is 0 Å². The molecule has 0 amide bonds. The standard InChI is InChI=1S/C15H9F5O4/c1-6(23-8-4-2-7(21)3-5-8)15(22)24-14-12(19)10(17)9(16)11(18)13(14)20/h2-6,21H,1H3. The monoisotopic (exact) mass is 348 g/mol. The fourth-order valence-corrected chi connectivity index (χ4v) is 1.63. The van der Waals surface area contributed by atoms with Crippen molar-refractivity contribution in [1.29, 1.82) is 0 Å². The van der Waals surface area contributed by atoms with Crippen LogP contribution in [-0.2, 0) is 4.79 Å². The van der Waals surface area contributed by atoms with Gasteiger partial charge in [-0.1, -0.05) is 0 Å². The van der Waals surface area contributed by atoms with Gasteiger partial charge in [0.15, 0.2) is 6.10 Å². The summed E-state index contributed by atoms with van der Waals surface area (Å²) in [7, 11) is 0. The zero-order chi connectivity index (χ0) is 18.0. The van der Waals surface area contributed by atoms with E-state index in [1.54, 1.807) is 0 Å². The molecule has 1 N–H and O–H groups in total. The molecule has 0 radical (unpaired) electrons. The summed E-state index contributed by atoms with van der Waals surface area (Å²) in [5.41, 5.74) is 0. The number of phenolic OH excluding ortho intramolecular Hbond substituents is 1. The number of phenols is 1.